The summed E-state index contributed by atoms with van der Waals surface area (Å²) in [5, 5.41) is 3.73. The zero-order valence-corrected chi connectivity index (χ0v) is 28.4. The monoisotopic (exact) mass is 690 g/mol. The van der Waals surface area contributed by atoms with Crippen LogP contribution in [0.25, 0.3) is 49.4 Å². The third-order valence-electron chi connectivity index (χ3n) is 10.6. The van der Waals surface area contributed by atoms with Gasteiger partial charge in [0.05, 0.1) is 14.2 Å². The lowest BCUT2D eigenvalue weighted by molar-refractivity contribution is -0.114. The van der Waals surface area contributed by atoms with E-state index in [0.717, 1.165) is 21.5 Å². The molecule has 2 heterocycles. The lowest BCUT2D eigenvalue weighted by Crippen LogP contribution is -2.46. The zero-order valence-electron chi connectivity index (χ0n) is 27.6. The lowest BCUT2D eigenvalue weighted by Gasteiger charge is -2.40. The first-order valence-electron chi connectivity index (χ1n) is 16.5. The van der Waals surface area contributed by atoms with Crippen LogP contribution in [-0.2, 0) is 15.4 Å². The highest BCUT2D eigenvalue weighted by Crippen LogP contribution is 2.64. The average molecular weight is 691 g/mol. The van der Waals surface area contributed by atoms with E-state index in [1.54, 1.807) is 38.5 Å². The summed E-state index contributed by atoms with van der Waals surface area (Å²) in [7, 11) is 4.72. The molecule has 0 N–H and O–H groups in total. The Morgan fingerprint density at radius 2 is 1.20 bits per heavy atom. The summed E-state index contributed by atoms with van der Waals surface area (Å²) < 4.78 is 32.0. The summed E-state index contributed by atoms with van der Waals surface area (Å²) in [5.41, 5.74) is 3.50. The maximum absolute atomic E-state index is 15.3. The Balaban J connectivity index is 1.42. The summed E-state index contributed by atoms with van der Waals surface area (Å²) >= 11 is 8.06. The average Bonchev–Trinajstić information content (AvgIpc) is 3.74. The van der Waals surface area contributed by atoms with Gasteiger partial charge in [0.25, 0.3) is 5.79 Å². The third-order valence-corrected chi connectivity index (χ3v) is 11.2. The Bertz CT molecular complexity index is 2760. The van der Waals surface area contributed by atoms with Gasteiger partial charge < -0.3 is 23.4 Å². The molecule has 6 aromatic carbocycles. The number of alkyl halides is 1. The predicted octanol–water partition coefficient (Wildman–Crippen LogP) is 9.60. The molecule has 7 nitrogen and oxygen atoms in total. The van der Waals surface area contributed by atoms with E-state index in [9.17, 15) is 0 Å². The van der Waals surface area contributed by atoms with Crippen LogP contribution >= 0.6 is 11.6 Å². The third kappa shape index (κ3) is 3.57. The molecule has 1 aromatic heterocycles. The maximum Gasteiger partial charge on any atom is 0.266 e. The number of Topliss-reactive ketones (excluding diaryl/α,β-unsaturated/α-hetero) is 2. The van der Waals surface area contributed by atoms with E-state index in [4.69, 9.17) is 35.0 Å². The summed E-state index contributed by atoms with van der Waals surface area (Å²) in [4.78, 5) is 28.6. The number of carbonyl (C=O) groups is 2. The number of rotatable bonds is 4. The van der Waals surface area contributed by atoms with Crippen molar-refractivity contribution in [1.82, 2.24) is 0 Å². The van der Waals surface area contributed by atoms with Crippen molar-refractivity contribution in [2.45, 2.75) is 10.7 Å². The van der Waals surface area contributed by atoms with E-state index in [2.05, 4.69) is 0 Å². The number of benzene rings is 6. The SMILES string of the molecule is COc1cc2c(c3ccccc13)OC1(OC)C2=C(C2(Cl)C(=O)c3ccccc3-c3oc4c(cc(OC)c5ccccc54)c32)C(=O)c2ccccc21. The van der Waals surface area contributed by atoms with E-state index in [0.29, 0.717) is 72.9 Å². The number of furan rings is 1. The highest BCUT2D eigenvalue weighted by molar-refractivity contribution is 6.48. The second kappa shape index (κ2) is 10.3. The van der Waals surface area contributed by atoms with E-state index in [1.165, 1.54) is 7.11 Å². The zero-order chi connectivity index (χ0) is 34.8. The lowest BCUT2D eigenvalue weighted by atomic mass is 9.67. The molecule has 0 bridgehead atoms. The second-order valence-electron chi connectivity index (χ2n) is 12.9. The summed E-state index contributed by atoms with van der Waals surface area (Å²) in [5.74, 6) is -0.517. The van der Waals surface area contributed by atoms with E-state index >= 15 is 9.59 Å². The van der Waals surface area contributed by atoms with Crippen LogP contribution in [0.5, 0.6) is 17.2 Å². The fourth-order valence-electron chi connectivity index (χ4n) is 8.44. The molecule has 248 valence electrons. The highest BCUT2D eigenvalue weighted by atomic mass is 35.5. The maximum atomic E-state index is 15.3. The van der Waals surface area contributed by atoms with Gasteiger partial charge >= 0.3 is 0 Å². The normalized spacial score (nSPS) is 20.2. The van der Waals surface area contributed by atoms with Crippen molar-refractivity contribution in [3.05, 3.63) is 143 Å². The highest BCUT2D eigenvalue weighted by Gasteiger charge is 2.62. The first kappa shape index (κ1) is 30.0. The van der Waals surface area contributed by atoms with Gasteiger partial charge in [0, 0.05) is 78.6 Å². The second-order valence-corrected chi connectivity index (χ2v) is 13.5. The fourth-order valence-corrected chi connectivity index (χ4v) is 8.91. The van der Waals surface area contributed by atoms with Gasteiger partial charge in [-0.2, -0.15) is 0 Å². The Kier molecular flexibility index (Phi) is 6.07. The van der Waals surface area contributed by atoms with Crippen LogP contribution in [0.2, 0.25) is 0 Å². The molecule has 0 saturated heterocycles. The molecular weight excluding hydrogens is 664 g/mol. The molecule has 51 heavy (non-hydrogen) atoms. The van der Waals surface area contributed by atoms with Crippen LogP contribution in [0.15, 0.2) is 119 Å². The van der Waals surface area contributed by atoms with Crippen molar-refractivity contribution in [1.29, 1.82) is 0 Å². The van der Waals surface area contributed by atoms with Gasteiger partial charge in [-0.25, -0.2) is 0 Å². The van der Waals surface area contributed by atoms with Gasteiger partial charge in [0.15, 0.2) is 16.4 Å². The number of carbonyl (C=O) groups excluding carboxylic acids is 2. The van der Waals surface area contributed by atoms with Crippen molar-refractivity contribution < 1.29 is 33.0 Å². The number of hydrogen-bond acceptors (Lipinski definition) is 7. The van der Waals surface area contributed by atoms with Crippen molar-refractivity contribution in [3.8, 4) is 28.6 Å². The summed E-state index contributed by atoms with van der Waals surface area (Å²) in [6.07, 6.45) is 0. The van der Waals surface area contributed by atoms with Gasteiger partial charge in [0.1, 0.15) is 28.6 Å². The first-order valence-corrected chi connectivity index (χ1v) is 16.8. The molecule has 0 saturated carbocycles. The Hall–Kier alpha value is -5.89. The van der Waals surface area contributed by atoms with E-state index in [1.807, 2.05) is 84.9 Å². The van der Waals surface area contributed by atoms with Crippen LogP contribution in [0.1, 0.15) is 37.4 Å². The smallest absolute Gasteiger partial charge is 0.266 e. The number of hydrogen-bond donors (Lipinski definition) is 0. The minimum atomic E-state index is -2.10. The van der Waals surface area contributed by atoms with Gasteiger partial charge in [-0.05, 0) is 12.1 Å². The van der Waals surface area contributed by atoms with Gasteiger partial charge in [0.2, 0.25) is 0 Å². The number of fused-ring (bicyclic) bond motifs is 14. The van der Waals surface area contributed by atoms with Crippen molar-refractivity contribution >= 4 is 61.3 Å². The van der Waals surface area contributed by atoms with Gasteiger partial charge in [-0.3, -0.25) is 9.59 Å². The van der Waals surface area contributed by atoms with Gasteiger partial charge in [-0.15, -0.1) is 0 Å². The molecule has 2 aliphatic carbocycles. The van der Waals surface area contributed by atoms with Crippen LogP contribution in [0.3, 0.4) is 0 Å². The van der Waals surface area contributed by atoms with Crippen LogP contribution in [0.4, 0.5) is 0 Å². The molecule has 8 heteroatoms. The molecule has 10 rings (SSSR count). The Morgan fingerprint density at radius 3 is 1.90 bits per heavy atom. The van der Waals surface area contributed by atoms with Crippen molar-refractivity contribution in [2.75, 3.05) is 21.3 Å². The Morgan fingerprint density at radius 1 is 0.608 bits per heavy atom. The predicted molar refractivity (Wildman–Crippen MR) is 195 cm³/mol. The molecule has 2 unspecified atom stereocenters. The Labute approximate surface area is 296 Å². The molecule has 2 atom stereocenters. The quantitative estimate of drug-likeness (QED) is 0.170. The van der Waals surface area contributed by atoms with E-state index in [-0.39, 0.29) is 5.57 Å². The largest absolute Gasteiger partial charge is 0.496 e. The minimum Gasteiger partial charge on any atom is -0.496 e. The van der Waals surface area contributed by atoms with Gasteiger partial charge in [-0.1, -0.05) is 109 Å². The minimum absolute atomic E-state index is 0.0244. The topological polar surface area (TPSA) is 84.2 Å². The molecule has 3 aliphatic rings. The van der Waals surface area contributed by atoms with E-state index < -0.39 is 22.2 Å². The van der Waals surface area contributed by atoms with Crippen LogP contribution in [-0.4, -0.2) is 32.9 Å². The number of methoxy groups -OCH3 is 3. The number of allylic oxidation sites excluding steroid dienone is 1. The summed E-state index contributed by atoms with van der Waals surface area (Å²) in [6, 6.07) is 33.4. The van der Waals surface area contributed by atoms with Crippen LogP contribution < -0.4 is 14.2 Å². The molecule has 0 radical (unpaired) electrons. The molecule has 0 spiro atoms. The molecular formula is C43H27ClO7. The molecule has 0 amide bonds. The standard InChI is InChI=1S/C43H27ClO7/c1-47-32-20-29-34-36(37(45)28-18-10-11-19-31(28)43(34,49-3)51-39(29)25-15-7-5-13-23(25)32)42(44)35-30-21-33(48-2)22-12-4-6-14-24(22)38(30)50-40(35)26-16-8-9-17-27(26)41(42)46/h4-21H,1-3H3. The van der Waals surface area contributed by atoms with Crippen molar-refractivity contribution in [3.63, 3.8) is 0 Å². The van der Waals surface area contributed by atoms with Crippen molar-refractivity contribution in [2.24, 2.45) is 0 Å². The molecule has 1 aliphatic heterocycles. The molecule has 7 aromatic rings. The first-order chi connectivity index (χ1) is 24.9. The number of ketones is 2. The van der Waals surface area contributed by atoms with Crippen LogP contribution in [0, 0.1) is 0 Å². The number of ether oxygens (including phenoxy) is 4. The number of halogens is 1. The molecule has 0 fully saturated rings. The fraction of sp³-hybridized carbons (Fsp3) is 0.116. The summed E-state index contributed by atoms with van der Waals surface area (Å²) in [6.45, 7) is 0.